The lowest BCUT2D eigenvalue weighted by atomic mass is 10.2. The zero-order valence-corrected chi connectivity index (χ0v) is 8.07. The second-order valence-corrected chi connectivity index (χ2v) is 2.95. The van der Waals surface area contributed by atoms with Gasteiger partial charge in [-0.3, -0.25) is 4.98 Å². The van der Waals surface area contributed by atoms with Gasteiger partial charge in [0.2, 0.25) is 5.88 Å². The van der Waals surface area contributed by atoms with E-state index in [9.17, 15) is 0 Å². The lowest BCUT2D eigenvalue weighted by Gasteiger charge is -2.02. The van der Waals surface area contributed by atoms with Crippen molar-refractivity contribution in [3.8, 4) is 5.88 Å². The van der Waals surface area contributed by atoms with Crippen LogP contribution in [0.2, 0.25) is 0 Å². The number of hydrogen-bond acceptors (Lipinski definition) is 3. The van der Waals surface area contributed by atoms with Gasteiger partial charge < -0.3 is 4.74 Å². The minimum Gasteiger partial charge on any atom is -0.477 e. The summed E-state index contributed by atoms with van der Waals surface area (Å²) >= 11 is 0. The summed E-state index contributed by atoms with van der Waals surface area (Å²) in [6, 6.07) is 0. The summed E-state index contributed by atoms with van der Waals surface area (Å²) in [4.78, 5) is 7.92. The Labute approximate surface area is 79.2 Å². The molecule has 3 heteroatoms. The minimum atomic E-state index is 0.624. The van der Waals surface area contributed by atoms with Gasteiger partial charge in [-0.1, -0.05) is 26.2 Å². The highest BCUT2D eigenvalue weighted by molar-refractivity contribution is 5.00. The zero-order valence-electron chi connectivity index (χ0n) is 8.07. The molecule has 0 bridgehead atoms. The van der Waals surface area contributed by atoms with Crippen molar-refractivity contribution in [2.45, 2.75) is 32.6 Å². The number of hydrogen-bond donors (Lipinski definition) is 0. The maximum atomic E-state index is 5.38. The molecule has 1 aromatic heterocycles. The highest BCUT2D eigenvalue weighted by Gasteiger charge is 1.92. The fraction of sp³-hybridized carbons (Fsp3) is 0.600. The van der Waals surface area contributed by atoms with Crippen molar-refractivity contribution < 1.29 is 4.74 Å². The molecule has 0 radical (unpaired) electrons. The number of aromatic nitrogens is 2. The van der Waals surface area contributed by atoms with Crippen LogP contribution in [0, 0.1) is 0 Å². The fourth-order valence-corrected chi connectivity index (χ4v) is 1.07. The van der Waals surface area contributed by atoms with Gasteiger partial charge in [0.1, 0.15) is 0 Å². The molecule has 0 aromatic carbocycles. The molecule has 1 heterocycles. The molecule has 0 amide bonds. The number of unbranched alkanes of at least 4 members (excludes halogenated alkanes) is 3. The SMILES string of the molecule is CCCCCCOc1cnccn1. The van der Waals surface area contributed by atoms with E-state index in [0.29, 0.717) is 5.88 Å². The van der Waals surface area contributed by atoms with E-state index in [-0.39, 0.29) is 0 Å². The lowest BCUT2D eigenvalue weighted by molar-refractivity contribution is 0.292. The third-order valence-electron chi connectivity index (χ3n) is 1.79. The summed E-state index contributed by atoms with van der Waals surface area (Å²) in [5.41, 5.74) is 0. The van der Waals surface area contributed by atoms with Crippen molar-refractivity contribution in [1.82, 2.24) is 9.97 Å². The van der Waals surface area contributed by atoms with Gasteiger partial charge in [0.05, 0.1) is 12.8 Å². The smallest absolute Gasteiger partial charge is 0.232 e. The average molecular weight is 180 g/mol. The van der Waals surface area contributed by atoms with Crippen LogP contribution in [-0.4, -0.2) is 16.6 Å². The molecule has 0 saturated carbocycles. The highest BCUT2D eigenvalue weighted by atomic mass is 16.5. The number of nitrogens with zero attached hydrogens (tertiary/aromatic N) is 2. The third kappa shape index (κ3) is 4.45. The quantitative estimate of drug-likeness (QED) is 0.631. The monoisotopic (exact) mass is 180 g/mol. The van der Waals surface area contributed by atoms with Crippen LogP contribution in [-0.2, 0) is 0 Å². The Morgan fingerprint density at radius 2 is 2.15 bits per heavy atom. The fourth-order valence-electron chi connectivity index (χ4n) is 1.07. The van der Waals surface area contributed by atoms with Crippen molar-refractivity contribution in [3.63, 3.8) is 0 Å². The Bertz CT molecular complexity index is 213. The summed E-state index contributed by atoms with van der Waals surface area (Å²) in [7, 11) is 0. The third-order valence-corrected chi connectivity index (χ3v) is 1.79. The minimum absolute atomic E-state index is 0.624. The van der Waals surface area contributed by atoms with E-state index >= 15 is 0 Å². The van der Waals surface area contributed by atoms with Gasteiger partial charge >= 0.3 is 0 Å². The van der Waals surface area contributed by atoms with E-state index < -0.39 is 0 Å². The average Bonchev–Trinajstić information content (AvgIpc) is 2.19. The van der Waals surface area contributed by atoms with Gasteiger partial charge in [0.15, 0.2) is 0 Å². The van der Waals surface area contributed by atoms with E-state index in [1.807, 2.05) is 0 Å². The molecule has 3 nitrogen and oxygen atoms in total. The molecule has 0 N–H and O–H groups in total. The van der Waals surface area contributed by atoms with Crippen LogP contribution in [0.1, 0.15) is 32.6 Å². The Kier molecular flexibility index (Phi) is 4.91. The van der Waals surface area contributed by atoms with E-state index in [2.05, 4.69) is 16.9 Å². The summed E-state index contributed by atoms with van der Waals surface area (Å²) in [6.45, 7) is 2.95. The van der Waals surface area contributed by atoms with Crippen LogP contribution in [0.4, 0.5) is 0 Å². The predicted octanol–water partition coefficient (Wildman–Crippen LogP) is 2.44. The molecule has 0 atom stereocenters. The van der Waals surface area contributed by atoms with Gasteiger partial charge in [-0.05, 0) is 6.42 Å². The first-order valence-electron chi connectivity index (χ1n) is 4.82. The first-order valence-corrected chi connectivity index (χ1v) is 4.82. The number of ether oxygens (including phenoxy) is 1. The molecule has 72 valence electrons. The Morgan fingerprint density at radius 3 is 2.85 bits per heavy atom. The van der Waals surface area contributed by atoms with Crippen LogP contribution in [0.5, 0.6) is 5.88 Å². The zero-order chi connectivity index (χ0) is 9.36. The molecule has 0 aliphatic rings. The van der Waals surface area contributed by atoms with Crippen LogP contribution in [0.25, 0.3) is 0 Å². The summed E-state index contributed by atoms with van der Waals surface area (Å²) in [5, 5.41) is 0. The Balaban J connectivity index is 2.07. The summed E-state index contributed by atoms with van der Waals surface area (Å²) in [6.07, 6.45) is 9.79. The predicted molar refractivity (Wildman–Crippen MR) is 51.7 cm³/mol. The van der Waals surface area contributed by atoms with Crippen molar-refractivity contribution >= 4 is 0 Å². The van der Waals surface area contributed by atoms with Crippen molar-refractivity contribution in [3.05, 3.63) is 18.6 Å². The normalized spacial score (nSPS) is 9.92. The second kappa shape index (κ2) is 6.40. The van der Waals surface area contributed by atoms with E-state index in [0.717, 1.165) is 13.0 Å². The molecule has 0 fully saturated rings. The van der Waals surface area contributed by atoms with Crippen LogP contribution in [0.15, 0.2) is 18.6 Å². The molecular formula is C10H16N2O. The van der Waals surface area contributed by atoms with E-state index in [4.69, 9.17) is 4.74 Å². The first-order chi connectivity index (χ1) is 6.43. The molecular weight excluding hydrogens is 164 g/mol. The van der Waals surface area contributed by atoms with E-state index in [1.165, 1.54) is 19.3 Å². The molecule has 0 aliphatic carbocycles. The molecule has 1 aromatic rings. The maximum absolute atomic E-state index is 5.38. The standard InChI is InChI=1S/C10H16N2O/c1-2-3-4-5-8-13-10-9-11-6-7-12-10/h6-7,9H,2-5,8H2,1H3. The summed E-state index contributed by atoms with van der Waals surface area (Å²) < 4.78 is 5.38. The summed E-state index contributed by atoms with van der Waals surface area (Å²) in [5.74, 6) is 0.624. The van der Waals surface area contributed by atoms with Gasteiger partial charge in [0.25, 0.3) is 0 Å². The van der Waals surface area contributed by atoms with Gasteiger partial charge in [-0.15, -0.1) is 0 Å². The van der Waals surface area contributed by atoms with Crippen molar-refractivity contribution in [2.75, 3.05) is 6.61 Å². The molecule has 0 spiro atoms. The largest absolute Gasteiger partial charge is 0.477 e. The van der Waals surface area contributed by atoms with Crippen LogP contribution in [0.3, 0.4) is 0 Å². The second-order valence-electron chi connectivity index (χ2n) is 2.95. The van der Waals surface area contributed by atoms with Gasteiger partial charge in [0, 0.05) is 12.4 Å². The van der Waals surface area contributed by atoms with Crippen molar-refractivity contribution in [2.24, 2.45) is 0 Å². The first kappa shape index (κ1) is 9.96. The van der Waals surface area contributed by atoms with Gasteiger partial charge in [-0.25, -0.2) is 4.98 Å². The van der Waals surface area contributed by atoms with E-state index in [1.54, 1.807) is 18.6 Å². The molecule has 0 unspecified atom stereocenters. The van der Waals surface area contributed by atoms with Crippen molar-refractivity contribution in [1.29, 1.82) is 0 Å². The molecule has 0 saturated heterocycles. The maximum Gasteiger partial charge on any atom is 0.232 e. The highest BCUT2D eigenvalue weighted by Crippen LogP contribution is 2.03. The lowest BCUT2D eigenvalue weighted by Crippen LogP contribution is -1.98. The molecule has 0 aliphatic heterocycles. The topological polar surface area (TPSA) is 35.0 Å². The molecule has 13 heavy (non-hydrogen) atoms. The Morgan fingerprint density at radius 1 is 1.23 bits per heavy atom. The van der Waals surface area contributed by atoms with Crippen LogP contribution >= 0.6 is 0 Å². The molecule has 1 rings (SSSR count). The Hall–Kier alpha value is -1.12. The van der Waals surface area contributed by atoms with Crippen LogP contribution < -0.4 is 4.74 Å². The number of rotatable bonds is 6. The van der Waals surface area contributed by atoms with Gasteiger partial charge in [-0.2, -0.15) is 0 Å².